The van der Waals surface area contributed by atoms with Crippen LogP contribution in [0.15, 0.2) is 54.7 Å². The molecule has 4 rings (SSSR count). The summed E-state index contributed by atoms with van der Waals surface area (Å²) in [6.45, 7) is 0. The van der Waals surface area contributed by atoms with Gasteiger partial charge in [-0.2, -0.15) is 5.10 Å². The Morgan fingerprint density at radius 1 is 1.14 bits per heavy atom. The summed E-state index contributed by atoms with van der Waals surface area (Å²) in [6.07, 6.45) is 3.93. The van der Waals surface area contributed by atoms with Gasteiger partial charge in [-0.15, -0.1) is 0 Å². The topological polar surface area (TPSA) is 96.1 Å². The van der Waals surface area contributed by atoms with Gasteiger partial charge in [-0.3, -0.25) is 14.7 Å². The minimum Gasteiger partial charge on any atom is -0.455 e. The van der Waals surface area contributed by atoms with E-state index in [2.05, 4.69) is 20.8 Å². The molecule has 2 amide bonds. The number of amides is 2. The second-order valence-electron chi connectivity index (χ2n) is 6.80. The average Bonchev–Trinajstić information content (AvgIpc) is 3.17. The Morgan fingerprint density at radius 2 is 2.00 bits per heavy atom. The van der Waals surface area contributed by atoms with Gasteiger partial charge >= 0.3 is 11.8 Å². The molecule has 0 fully saturated rings. The van der Waals surface area contributed by atoms with E-state index in [0.29, 0.717) is 17.9 Å². The number of aryl methyl sites for hydroxylation is 1. The van der Waals surface area contributed by atoms with Crippen molar-refractivity contribution in [3.8, 4) is 11.5 Å². The Morgan fingerprint density at radius 3 is 2.86 bits per heavy atom. The number of ether oxygens (including phenoxy) is 1. The molecule has 0 radical (unpaired) electrons. The third kappa shape index (κ3) is 4.43. The van der Waals surface area contributed by atoms with Crippen molar-refractivity contribution in [2.45, 2.75) is 25.3 Å². The van der Waals surface area contributed by atoms with Crippen molar-refractivity contribution in [2.75, 3.05) is 5.32 Å². The molecule has 3 N–H and O–H groups in total. The molecule has 0 bridgehead atoms. The normalized spacial score (nSPS) is 15.3. The Balaban J connectivity index is 1.40. The van der Waals surface area contributed by atoms with Crippen molar-refractivity contribution in [3.63, 3.8) is 0 Å². The lowest BCUT2D eigenvalue weighted by Gasteiger charge is -2.22. The number of carbonyl (C=O) groups is 2. The van der Waals surface area contributed by atoms with Crippen LogP contribution >= 0.6 is 0 Å². The first-order chi connectivity index (χ1) is 14.1. The monoisotopic (exact) mass is 394 g/mol. The van der Waals surface area contributed by atoms with Crippen LogP contribution in [0.4, 0.5) is 10.1 Å². The van der Waals surface area contributed by atoms with Gasteiger partial charge in [-0.1, -0.05) is 18.2 Å². The van der Waals surface area contributed by atoms with Crippen LogP contribution in [0.3, 0.4) is 0 Å². The maximum Gasteiger partial charge on any atom is 0.313 e. The molecule has 1 unspecified atom stereocenters. The third-order valence-corrected chi connectivity index (χ3v) is 4.72. The number of H-pyrrole nitrogens is 1. The molecule has 1 atom stereocenters. The lowest BCUT2D eigenvalue weighted by Crippen LogP contribution is -2.44. The first kappa shape index (κ1) is 18.7. The molecule has 1 aliphatic rings. The van der Waals surface area contributed by atoms with Gasteiger partial charge in [-0.25, -0.2) is 4.39 Å². The van der Waals surface area contributed by atoms with Crippen molar-refractivity contribution in [1.82, 2.24) is 15.5 Å². The number of fused-ring (bicyclic) bond motifs is 1. The molecule has 0 saturated carbocycles. The number of hydrogen-bond donors (Lipinski definition) is 3. The fourth-order valence-electron chi connectivity index (χ4n) is 3.28. The van der Waals surface area contributed by atoms with Gasteiger partial charge < -0.3 is 15.4 Å². The standard InChI is InChI=1S/C21H19FN4O3/c22-14-4-3-5-16(10-14)29-19-7-2-1-6-17(19)25-21(28)20(27)24-15-9-8-13-12-23-26-18(13)11-15/h1-7,10,12,15H,8-9,11H2,(H,23,26)(H,24,27)(H,25,28). The van der Waals surface area contributed by atoms with Gasteiger partial charge in [0.2, 0.25) is 0 Å². The lowest BCUT2D eigenvalue weighted by atomic mass is 9.94. The van der Waals surface area contributed by atoms with Crippen molar-refractivity contribution in [3.05, 3.63) is 71.8 Å². The molecule has 1 aromatic heterocycles. The van der Waals surface area contributed by atoms with Crippen LogP contribution in [0.1, 0.15) is 17.7 Å². The second kappa shape index (κ2) is 8.14. The van der Waals surface area contributed by atoms with Crippen LogP contribution in [0, 0.1) is 5.82 Å². The fourth-order valence-corrected chi connectivity index (χ4v) is 3.28. The number of halogens is 1. The molecule has 148 valence electrons. The predicted octanol–water partition coefficient (Wildman–Crippen LogP) is 2.95. The highest BCUT2D eigenvalue weighted by molar-refractivity contribution is 6.39. The maximum atomic E-state index is 13.4. The fraction of sp³-hybridized carbons (Fsp3) is 0.190. The number of nitrogens with zero attached hydrogens (tertiary/aromatic N) is 1. The molecule has 0 saturated heterocycles. The van der Waals surface area contributed by atoms with Crippen LogP contribution in [0.5, 0.6) is 11.5 Å². The number of aromatic amines is 1. The van der Waals surface area contributed by atoms with Gasteiger partial charge in [0.25, 0.3) is 0 Å². The van der Waals surface area contributed by atoms with E-state index in [1.54, 1.807) is 36.5 Å². The van der Waals surface area contributed by atoms with Crippen molar-refractivity contribution < 1.29 is 18.7 Å². The van der Waals surface area contributed by atoms with Crippen molar-refractivity contribution >= 4 is 17.5 Å². The van der Waals surface area contributed by atoms with E-state index in [1.165, 1.54) is 18.2 Å². The smallest absolute Gasteiger partial charge is 0.313 e. The first-order valence-electron chi connectivity index (χ1n) is 9.24. The Kier molecular flexibility index (Phi) is 5.24. The number of nitrogens with one attached hydrogen (secondary N) is 3. The summed E-state index contributed by atoms with van der Waals surface area (Å²) in [6, 6.07) is 12.2. The third-order valence-electron chi connectivity index (χ3n) is 4.72. The summed E-state index contributed by atoms with van der Waals surface area (Å²) in [5, 5.41) is 12.2. The van der Waals surface area contributed by atoms with Gasteiger partial charge in [0.15, 0.2) is 5.75 Å². The summed E-state index contributed by atoms with van der Waals surface area (Å²) < 4.78 is 19.0. The summed E-state index contributed by atoms with van der Waals surface area (Å²) >= 11 is 0. The van der Waals surface area contributed by atoms with Crippen LogP contribution in [0.25, 0.3) is 0 Å². The van der Waals surface area contributed by atoms with Crippen LogP contribution in [0.2, 0.25) is 0 Å². The molecule has 29 heavy (non-hydrogen) atoms. The summed E-state index contributed by atoms with van der Waals surface area (Å²) in [7, 11) is 0. The quantitative estimate of drug-likeness (QED) is 0.593. The van der Waals surface area contributed by atoms with E-state index in [1.807, 2.05) is 0 Å². The van der Waals surface area contributed by atoms with E-state index in [4.69, 9.17) is 4.74 Å². The summed E-state index contributed by atoms with van der Waals surface area (Å²) in [5.41, 5.74) is 2.44. The minimum absolute atomic E-state index is 0.139. The Labute approximate surface area is 166 Å². The number of para-hydroxylation sites is 2. The minimum atomic E-state index is -0.796. The number of carbonyl (C=O) groups excluding carboxylic acids is 2. The van der Waals surface area contributed by atoms with Crippen LogP contribution in [-0.2, 0) is 22.4 Å². The number of hydrogen-bond acceptors (Lipinski definition) is 4. The molecule has 2 aromatic carbocycles. The zero-order valence-corrected chi connectivity index (χ0v) is 15.4. The van der Waals surface area contributed by atoms with E-state index in [-0.39, 0.29) is 11.8 Å². The predicted molar refractivity (Wildman–Crippen MR) is 104 cm³/mol. The molecule has 1 aliphatic carbocycles. The number of benzene rings is 2. The highest BCUT2D eigenvalue weighted by Gasteiger charge is 2.24. The van der Waals surface area contributed by atoms with E-state index < -0.39 is 17.6 Å². The van der Waals surface area contributed by atoms with Gasteiger partial charge in [0, 0.05) is 24.2 Å². The van der Waals surface area contributed by atoms with E-state index in [9.17, 15) is 14.0 Å². The maximum absolute atomic E-state index is 13.4. The number of anilines is 1. The van der Waals surface area contributed by atoms with Crippen molar-refractivity contribution in [1.29, 1.82) is 0 Å². The molecule has 1 heterocycles. The van der Waals surface area contributed by atoms with Gasteiger partial charge in [0.05, 0.1) is 11.9 Å². The summed E-state index contributed by atoms with van der Waals surface area (Å²) in [4.78, 5) is 24.7. The SMILES string of the molecule is O=C(Nc1ccccc1Oc1cccc(F)c1)C(=O)NC1CCc2cn[nH]c2C1. The highest BCUT2D eigenvalue weighted by atomic mass is 19.1. The van der Waals surface area contributed by atoms with Crippen LogP contribution in [-0.4, -0.2) is 28.1 Å². The van der Waals surface area contributed by atoms with E-state index >= 15 is 0 Å². The van der Waals surface area contributed by atoms with E-state index in [0.717, 1.165) is 24.1 Å². The Hall–Kier alpha value is -3.68. The first-order valence-corrected chi connectivity index (χ1v) is 9.24. The highest BCUT2D eigenvalue weighted by Crippen LogP contribution is 2.29. The van der Waals surface area contributed by atoms with Gasteiger partial charge in [-0.05, 0) is 42.7 Å². The number of rotatable bonds is 4. The zero-order chi connectivity index (χ0) is 20.2. The largest absolute Gasteiger partial charge is 0.455 e. The number of aromatic nitrogens is 2. The molecule has 0 aliphatic heterocycles. The zero-order valence-electron chi connectivity index (χ0n) is 15.4. The molecular weight excluding hydrogens is 375 g/mol. The van der Waals surface area contributed by atoms with Gasteiger partial charge in [0.1, 0.15) is 11.6 Å². The van der Waals surface area contributed by atoms with Crippen LogP contribution < -0.4 is 15.4 Å². The summed E-state index contributed by atoms with van der Waals surface area (Å²) in [5.74, 6) is -1.36. The average molecular weight is 394 g/mol. The second-order valence-corrected chi connectivity index (χ2v) is 6.80. The molecule has 8 heteroatoms. The molecule has 3 aromatic rings. The molecule has 7 nitrogen and oxygen atoms in total. The molecular formula is C21H19FN4O3. The van der Waals surface area contributed by atoms with Crippen molar-refractivity contribution in [2.24, 2.45) is 0 Å². The Bertz CT molecular complexity index is 1050. The lowest BCUT2D eigenvalue weighted by molar-refractivity contribution is -0.136. The molecule has 0 spiro atoms.